The van der Waals surface area contributed by atoms with E-state index in [1.807, 2.05) is 24.3 Å². The summed E-state index contributed by atoms with van der Waals surface area (Å²) in [6.07, 6.45) is 1.86. The Morgan fingerprint density at radius 3 is 2.67 bits per heavy atom. The first-order valence-electron chi connectivity index (χ1n) is 6.63. The molecular formula is C14H18N2O4S. The maximum absolute atomic E-state index is 12.2. The number of carboxylic acids is 1. The molecule has 2 rings (SSSR count). The first kappa shape index (κ1) is 15.5. The molecule has 2 N–H and O–H groups in total. The summed E-state index contributed by atoms with van der Waals surface area (Å²) >= 11 is 0. The molecule has 21 heavy (non-hydrogen) atoms. The van der Waals surface area contributed by atoms with Crippen molar-refractivity contribution >= 4 is 22.8 Å². The van der Waals surface area contributed by atoms with Crippen LogP contribution >= 0.6 is 0 Å². The van der Waals surface area contributed by atoms with Gasteiger partial charge in [-0.3, -0.25) is 4.21 Å². The van der Waals surface area contributed by atoms with Gasteiger partial charge in [0.1, 0.15) is 6.04 Å². The van der Waals surface area contributed by atoms with Crippen molar-refractivity contribution in [1.82, 2.24) is 10.2 Å². The number of carboxylic acid groups (broad SMARTS) is 1. The Labute approximate surface area is 125 Å². The molecule has 0 radical (unpaired) electrons. The van der Waals surface area contributed by atoms with Crippen LogP contribution in [0.4, 0.5) is 4.79 Å². The molecule has 0 bridgehead atoms. The molecule has 1 heterocycles. The van der Waals surface area contributed by atoms with E-state index in [0.29, 0.717) is 12.2 Å². The lowest BCUT2D eigenvalue weighted by atomic mass is 9.94. The van der Waals surface area contributed by atoms with Gasteiger partial charge in [-0.2, -0.15) is 0 Å². The Bertz CT molecular complexity index is 576. The molecule has 6 nitrogen and oxygen atoms in total. The summed E-state index contributed by atoms with van der Waals surface area (Å²) in [5.74, 6) is -0.660. The lowest BCUT2D eigenvalue weighted by Gasteiger charge is -2.34. The zero-order chi connectivity index (χ0) is 15.4. The fourth-order valence-electron chi connectivity index (χ4n) is 2.36. The Morgan fingerprint density at radius 1 is 1.38 bits per heavy atom. The van der Waals surface area contributed by atoms with E-state index in [1.54, 1.807) is 6.26 Å². The van der Waals surface area contributed by atoms with Gasteiger partial charge in [-0.25, -0.2) is 9.59 Å². The number of nitrogens with zero attached hydrogens (tertiary/aromatic N) is 1. The van der Waals surface area contributed by atoms with Gasteiger partial charge in [-0.1, -0.05) is 24.3 Å². The number of amides is 2. The minimum Gasteiger partial charge on any atom is -0.480 e. The number of urea groups is 1. The molecule has 114 valence electrons. The minimum atomic E-state index is -1.02. The molecule has 1 aliphatic rings. The highest BCUT2D eigenvalue weighted by Crippen LogP contribution is 2.23. The smallest absolute Gasteiger partial charge is 0.326 e. The second-order valence-corrected chi connectivity index (χ2v) is 6.52. The van der Waals surface area contributed by atoms with Crippen LogP contribution in [0.1, 0.15) is 11.1 Å². The van der Waals surface area contributed by atoms with E-state index in [9.17, 15) is 18.9 Å². The summed E-state index contributed by atoms with van der Waals surface area (Å²) in [6.45, 7) is 0.542. The third kappa shape index (κ3) is 3.81. The summed E-state index contributed by atoms with van der Waals surface area (Å²) < 4.78 is 11.0. The van der Waals surface area contributed by atoms with Gasteiger partial charge in [0.2, 0.25) is 0 Å². The first-order valence-corrected chi connectivity index (χ1v) is 8.36. The summed E-state index contributed by atoms with van der Waals surface area (Å²) in [5.41, 5.74) is 1.92. The van der Waals surface area contributed by atoms with Crippen LogP contribution < -0.4 is 5.32 Å². The summed E-state index contributed by atoms with van der Waals surface area (Å²) in [5, 5.41) is 12.0. The molecule has 7 heteroatoms. The molecule has 1 aliphatic heterocycles. The standard InChI is InChI=1S/C14H18N2O4S/c1-21(20)7-6-15-14(19)16-9-11-5-3-2-4-10(11)8-12(16)13(17)18/h2-5,12H,6-9H2,1H3,(H,15,19)(H,17,18)/t12-,21?/m1/s1. The molecule has 0 saturated carbocycles. The van der Waals surface area contributed by atoms with Gasteiger partial charge >= 0.3 is 12.0 Å². The van der Waals surface area contributed by atoms with E-state index in [2.05, 4.69) is 5.32 Å². The van der Waals surface area contributed by atoms with Crippen LogP contribution in [0, 0.1) is 0 Å². The molecule has 0 aromatic heterocycles. The van der Waals surface area contributed by atoms with Crippen molar-refractivity contribution in [3.8, 4) is 0 Å². The largest absolute Gasteiger partial charge is 0.480 e. The summed E-state index contributed by atoms with van der Waals surface area (Å²) in [6, 6.07) is 6.23. The monoisotopic (exact) mass is 310 g/mol. The van der Waals surface area contributed by atoms with E-state index in [4.69, 9.17) is 0 Å². The van der Waals surface area contributed by atoms with Crippen molar-refractivity contribution < 1.29 is 18.9 Å². The summed E-state index contributed by atoms with van der Waals surface area (Å²) in [4.78, 5) is 24.9. The highest BCUT2D eigenvalue weighted by atomic mass is 32.2. The van der Waals surface area contributed by atoms with Crippen LogP contribution in [-0.2, 0) is 28.6 Å². The van der Waals surface area contributed by atoms with Crippen molar-refractivity contribution in [2.75, 3.05) is 18.6 Å². The highest BCUT2D eigenvalue weighted by Gasteiger charge is 2.34. The molecular weight excluding hydrogens is 292 g/mol. The normalized spacial score (nSPS) is 18.7. The van der Waals surface area contributed by atoms with E-state index in [0.717, 1.165) is 11.1 Å². The van der Waals surface area contributed by atoms with E-state index in [-0.39, 0.29) is 13.1 Å². The number of hydrogen-bond donors (Lipinski definition) is 2. The lowest BCUT2D eigenvalue weighted by molar-refractivity contribution is -0.142. The predicted molar refractivity (Wildman–Crippen MR) is 79.4 cm³/mol. The summed E-state index contributed by atoms with van der Waals surface area (Å²) in [7, 11) is -0.990. The van der Waals surface area contributed by atoms with Gasteiger partial charge in [0.25, 0.3) is 0 Å². The molecule has 2 amide bonds. The van der Waals surface area contributed by atoms with E-state index < -0.39 is 28.8 Å². The van der Waals surface area contributed by atoms with E-state index in [1.165, 1.54) is 4.90 Å². The number of rotatable bonds is 4. The average molecular weight is 310 g/mol. The number of fused-ring (bicyclic) bond motifs is 1. The second kappa shape index (κ2) is 6.71. The Hall–Kier alpha value is -1.89. The second-order valence-electron chi connectivity index (χ2n) is 4.96. The number of hydrogen-bond acceptors (Lipinski definition) is 3. The van der Waals surface area contributed by atoms with Gasteiger partial charge in [-0.15, -0.1) is 0 Å². The molecule has 0 aliphatic carbocycles. The third-order valence-electron chi connectivity index (χ3n) is 3.46. The molecule has 1 aromatic carbocycles. The van der Waals surface area contributed by atoms with Crippen LogP contribution in [0.5, 0.6) is 0 Å². The highest BCUT2D eigenvalue weighted by molar-refractivity contribution is 7.84. The van der Waals surface area contributed by atoms with Crippen molar-refractivity contribution in [3.05, 3.63) is 35.4 Å². The van der Waals surface area contributed by atoms with Crippen LogP contribution in [0.15, 0.2) is 24.3 Å². The van der Waals surface area contributed by atoms with Crippen molar-refractivity contribution in [2.24, 2.45) is 0 Å². The zero-order valence-corrected chi connectivity index (χ0v) is 12.6. The third-order valence-corrected chi connectivity index (χ3v) is 4.24. The number of benzene rings is 1. The van der Waals surface area contributed by atoms with Crippen molar-refractivity contribution in [2.45, 2.75) is 19.0 Å². The molecule has 0 fully saturated rings. The van der Waals surface area contributed by atoms with Gasteiger partial charge in [0, 0.05) is 42.3 Å². The van der Waals surface area contributed by atoms with Crippen LogP contribution in [0.25, 0.3) is 0 Å². The molecule has 1 aromatic rings. The van der Waals surface area contributed by atoms with Crippen molar-refractivity contribution in [1.29, 1.82) is 0 Å². The maximum Gasteiger partial charge on any atom is 0.326 e. The molecule has 1 unspecified atom stereocenters. The average Bonchev–Trinajstić information content (AvgIpc) is 2.45. The van der Waals surface area contributed by atoms with Gasteiger partial charge in [0.15, 0.2) is 0 Å². The van der Waals surface area contributed by atoms with Gasteiger partial charge in [-0.05, 0) is 11.1 Å². The van der Waals surface area contributed by atoms with Crippen LogP contribution in [0.2, 0.25) is 0 Å². The maximum atomic E-state index is 12.2. The number of nitrogens with one attached hydrogen (secondary N) is 1. The van der Waals surface area contributed by atoms with Crippen LogP contribution in [-0.4, -0.2) is 50.8 Å². The SMILES string of the molecule is CS(=O)CCNC(=O)N1Cc2ccccc2C[C@@H]1C(=O)O. The Kier molecular flexibility index (Phi) is 4.95. The number of carbonyl (C=O) groups is 2. The first-order chi connectivity index (χ1) is 9.99. The molecule has 0 saturated heterocycles. The van der Waals surface area contributed by atoms with Gasteiger partial charge < -0.3 is 15.3 Å². The Morgan fingerprint density at radius 2 is 2.05 bits per heavy atom. The lowest BCUT2D eigenvalue weighted by Crippen LogP contribution is -2.52. The molecule has 0 spiro atoms. The topological polar surface area (TPSA) is 86.7 Å². The quantitative estimate of drug-likeness (QED) is 0.852. The van der Waals surface area contributed by atoms with Crippen LogP contribution in [0.3, 0.4) is 0 Å². The predicted octanol–water partition coefficient (Wildman–Crippen LogP) is 0.586. The van der Waals surface area contributed by atoms with Crippen molar-refractivity contribution in [3.63, 3.8) is 0 Å². The fraction of sp³-hybridized carbons (Fsp3) is 0.429. The minimum absolute atomic E-state index is 0.270. The molecule has 2 atom stereocenters. The fourth-order valence-corrected chi connectivity index (χ4v) is 2.75. The van der Waals surface area contributed by atoms with E-state index >= 15 is 0 Å². The van der Waals surface area contributed by atoms with Gasteiger partial charge in [0.05, 0.1) is 0 Å². The number of carbonyl (C=O) groups excluding carboxylic acids is 1. The zero-order valence-electron chi connectivity index (χ0n) is 11.7. The Balaban J connectivity index is 2.11. The number of aliphatic carboxylic acids is 1.